The minimum absolute atomic E-state index is 0.189. The van der Waals surface area contributed by atoms with Gasteiger partial charge in [-0.15, -0.1) is 0 Å². The van der Waals surface area contributed by atoms with Gasteiger partial charge in [-0.2, -0.15) is 4.31 Å². The molecule has 1 N–H and O–H groups in total. The molecule has 16 heavy (non-hydrogen) atoms. The first-order valence-corrected chi connectivity index (χ1v) is 6.64. The van der Waals surface area contributed by atoms with Crippen LogP contribution in [-0.2, 0) is 10.0 Å². The summed E-state index contributed by atoms with van der Waals surface area (Å²) in [4.78, 5) is 8.81. The van der Waals surface area contributed by atoms with E-state index in [-0.39, 0.29) is 5.03 Å². The fraction of sp³-hybridized carbons (Fsp3) is 0.667. The molecular formula is C9H16N4O2S. The number of imidazole rings is 1. The molecule has 0 aromatic carbocycles. The second-order valence-electron chi connectivity index (χ2n) is 4.04. The fourth-order valence-electron chi connectivity index (χ4n) is 1.70. The van der Waals surface area contributed by atoms with Crippen molar-refractivity contribution in [2.24, 2.45) is 0 Å². The van der Waals surface area contributed by atoms with E-state index < -0.39 is 10.0 Å². The van der Waals surface area contributed by atoms with Crippen LogP contribution < -0.4 is 0 Å². The Labute approximate surface area is 95.3 Å². The molecular weight excluding hydrogens is 228 g/mol. The summed E-state index contributed by atoms with van der Waals surface area (Å²) < 4.78 is 25.8. The van der Waals surface area contributed by atoms with E-state index in [0.29, 0.717) is 18.9 Å². The maximum atomic E-state index is 12.1. The van der Waals surface area contributed by atoms with Gasteiger partial charge in [0.1, 0.15) is 5.82 Å². The van der Waals surface area contributed by atoms with Crippen molar-refractivity contribution in [2.75, 3.05) is 33.2 Å². The molecule has 0 saturated carbocycles. The summed E-state index contributed by atoms with van der Waals surface area (Å²) in [6.07, 6.45) is 1.38. The Morgan fingerprint density at radius 3 is 2.44 bits per heavy atom. The number of nitrogens with zero attached hydrogens (tertiary/aromatic N) is 3. The largest absolute Gasteiger partial charge is 0.332 e. The van der Waals surface area contributed by atoms with Crippen LogP contribution in [0, 0.1) is 6.92 Å². The highest BCUT2D eigenvalue weighted by Gasteiger charge is 2.28. The van der Waals surface area contributed by atoms with Crippen molar-refractivity contribution in [3.05, 3.63) is 12.0 Å². The molecule has 6 nitrogen and oxygen atoms in total. The van der Waals surface area contributed by atoms with Gasteiger partial charge in [0, 0.05) is 26.2 Å². The number of nitrogens with one attached hydrogen (secondary N) is 1. The van der Waals surface area contributed by atoms with Gasteiger partial charge in [0.25, 0.3) is 10.0 Å². The zero-order valence-electron chi connectivity index (χ0n) is 9.47. The topological polar surface area (TPSA) is 69.3 Å². The maximum Gasteiger partial charge on any atom is 0.260 e. The number of hydrogen-bond acceptors (Lipinski definition) is 4. The molecule has 0 atom stereocenters. The van der Waals surface area contributed by atoms with E-state index in [4.69, 9.17) is 0 Å². The van der Waals surface area contributed by atoms with Crippen molar-refractivity contribution < 1.29 is 8.42 Å². The van der Waals surface area contributed by atoms with Crippen molar-refractivity contribution in [3.8, 4) is 0 Å². The zero-order valence-corrected chi connectivity index (χ0v) is 10.3. The van der Waals surface area contributed by atoms with Gasteiger partial charge in [-0.3, -0.25) is 0 Å². The predicted octanol–water partition coefficient (Wildman–Crippen LogP) is -0.346. The molecule has 0 radical (unpaired) electrons. The molecule has 0 spiro atoms. The average Bonchev–Trinajstić information content (AvgIpc) is 2.66. The number of H-pyrrole nitrogens is 1. The Morgan fingerprint density at radius 2 is 1.94 bits per heavy atom. The quantitative estimate of drug-likeness (QED) is 0.772. The monoisotopic (exact) mass is 244 g/mol. The predicted molar refractivity (Wildman–Crippen MR) is 59.6 cm³/mol. The van der Waals surface area contributed by atoms with Gasteiger partial charge in [0.2, 0.25) is 0 Å². The molecule has 2 rings (SSSR count). The smallest absolute Gasteiger partial charge is 0.260 e. The molecule has 1 aromatic heterocycles. The highest BCUT2D eigenvalue weighted by atomic mass is 32.2. The summed E-state index contributed by atoms with van der Waals surface area (Å²) in [5.41, 5.74) is 0. The molecule has 1 aliphatic rings. The van der Waals surface area contributed by atoms with Gasteiger partial charge < -0.3 is 9.88 Å². The van der Waals surface area contributed by atoms with Gasteiger partial charge in [-0.1, -0.05) is 0 Å². The first kappa shape index (κ1) is 11.6. The number of aryl methyl sites for hydroxylation is 1. The molecule has 2 heterocycles. The van der Waals surface area contributed by atoms with Crippen LogP contribution in [0.25, 0.3) is 0 Å². The molecule has 0 bridgehead atoms. The van der Waals surface area contributed by atoms with Crippen molar-refractivity contribution in [1.29, 1.82) is 0 Å². The second-order valence-corrected chi connectivity index (χ2v) is 5.95. The summed E-state index contributed by atoms with van der Waals surface area (Å²) in [5, 5.41) is 0.189. The van der Waals surface area contributed by atoms with E-state index in [2.05, 4.69) is 14.9 Å². The highest BCUT2D eigenvalue weighted by molar-refractivity contribution is 7.89. The highest BCUT2D eigenvalue weighted by Crippen LogP contribution is 2.14. The molecule has 7 heteroatoms. The van der Waals surface area contributed by atoms with Gasteiger partial charge in [-0.25, -0.2) is 13.4 Å². The van der Waals surface area contributed by atoms with E-state index in [9.17, 15) is 8.42 Å². The van der Waals surface area contributed by atoms with E-state index in [1.54, 1.807) is 6.92 Å². The summed E-state index contributed by atoms with van der Waals surface area (Å²) in [5.74, 6) is 0.618. The number of sulfonamides is 1. The first-order chi connectivity index (χ1) is 7.50. The third-order valence-electron chi connectivity index (χ3n) is 2.76. The molecule has 0 unspecified atom stereocenters. The number of rotatable bonds is 2. The second kappa shape index (κ2) is 4.15. The van der Waals surface area contributed by atoms with E-state index in [0.717, 1.165) is 13.1 Å². The molecule has 0 amide bonds. The molecule has 1 aliphatic heterocycles. The summed E-state index contributed by atoms with van der Waals surface area (Å²) in [6.45, 7) is 4.36. The third kappa shape index (κ3) is 2.11. The number of aromatic amines is 1. The summed E-state index contributed by atoms with van der Waals surface area (Å²) >= 11 is 0. The SMILES string of the molecule is Cc1ncc(S(=O)(=O)N2CCN(C)CC2)[nH]1. The molecule has 1 aromatic rings. The van der Waals surface area contributed by atoms with Crippen molar-refractivity contribution in [3.63, 3.8) is 0 Å². The van der Waals surface area contributed by atoms with Gasteiger partial charge in [0.05, 0.1) is 6.20 Å². The lowest BCUT2D eigenvalue weighted by atomic mass is 10.4. The maximum absolute atomic E-state index is 12.1. The molecule has 90 valence electrons. The van der Waals surface area contributed by atoms with Crippen LogP contribution in [0.5, 0.6) is 0 Å². The number of likely N-dealkylation sites (N-methyl/N-ethyl adjacent to an activating group) is 1. The van der Waals surface area contributed by atoms with E-state index in [1.165, 1.54) is 10.5 Å². The van der Waals surface area contributed by atoms with Crippen molar-refractivity contribution in [1.82, 2.24) is 19.2 Å². The van der Waals surface area contributed by atoms with Crippen LogP contribution in [-0.4, -0.2) is 60.8 Å². The molecule has 0 aliphatic carbocycles. The summed E-state index contributed by atoms with van der Waals surface area (Å²) in [7, 11) is -1.39. The molecule has 1 saturated heterocycles. The number of hydrogen-bond donors (Lipinski definition) is 1. The lowest BCUT2D eigenvalue weighted by Gasteiger charge is -2.30. The van der Waals surface area contributed by atoms with Crippen LogP contribution in [0.2, 0.25) is 0 Å². The number of aromatic nitrogens is 2. The van der Waals surface area contributed by atoms with Gasteiger partial charge in [0.15, 0.2) is 5.03 Å². The van der Waals surface area contributed by atoms with Gasteiger partial charge >= 0.3 is 0 Å². The van der Waals surface area contributed by atoms with Crippen molar-refractivity contribution in [2.45, 2.75) is 11.9 Å². The van der Waals surface area contributed by atoms with E-state index >= 15 is 0 Å². The Bertz CT molecular complexity index is 460. The standard InChI is InChI=1S/C9H16N4O2S/c1-8-10-7-9(11-8)16(14,15)13-5-3-12(2)4-6-13/h7H,3-6H2,1-2H3,(H,10,11). The zero-order chi connectivity index (χ0) is 11.8. The number of piperazine rings is 1. The van der Waals surface area contributed by atoms with Crippen LogP contribution in [0.3, 0.4) is 0 Å². The Hall–Kier alpha value is -0.920. The van der Waals surface area contributed by atoms with Crippen LogP contribution in [0.15, 0.2) is 11.2 Å². The fourth-order valence-corrected chi connectivity index (χ4v) is 3.08. The Kier molecular flexibility index (Phi) is 3.00. The van der Waals surface area contributed by atoms with Crippen LogP contribution in [0.1, 0.15) is 5.82 Å². The normalized spacial score (nSPS) is 20.1. The first-order valence-electron chi connectivity index (χ1n) is 5.20. The Balaban J connectivity index is 2.20. The lowest BCUT2D eigenvalue weighted by molar-refractivity contribution is 0.222. The minimum Gasteiger partial charge on any atom is -0.332 e. The van der Waals surface area contributed by atoms with Crippen LogP contribution >= 0.6 is 0 Å². The van der Waals surface area contributed by atoms with E-state index in [1.807, 2.05) is 7.05 Å². The lowest BCUT2D eigenvalue weighted by Crippen LogP contribution is -2.47. The minimum atomic E-state index is -3.38. The Morgan fingerprint density at radius 1 is 1.31 bits per heavy atom. The van der Waals surface area contributed by atoms with Crippen molar-refractivity contribution >= 4 is 10.0 Å². The summed E-state index contributed by atoms with van der Waals surface area (Å²) in [6, 6.07) is 0. The average molecular weight is 244 g/mol. The molecule has 1 fully saturated rings. The third-order valence-corrected chi connectivity index (χ3v) is 4.57. The van der Waals surface area contributed by atoms with Crippen LogP contribution in [0.4, 0.5) is 0 Å². The van der Waals surface area contributed by atoms with Gasteiger partial charge in [-0.05, 0) is 14.0 Å².